The van der Waals surface area contributed by atoms with E-state index in [0.29, 0.717) is 13.2 Å². The van der Waals surface area contributed by atoms with Crippen LogP contribution in [0.1, 0.15) is 52.5 Å². The van der Waals surface area contributed by atoms with E-state index in [9.17, 15) is 4.79 Å². The van der Waals surface area contributed by atoms with Crippen molar-refractivity contribution in [1.29, 1.82) is 0 Å². The highest BCUT2D eigenvalue weighted by atomic mass is 32.2. The summed E-state index contributed by atoms with van der Waals surface area (Å²) in [4.78, 5) is 11.2. The Bertz CT molecular complexity index is 1280. The van der Waals surface area contributed by atoms with E-state index >= 15 is 0 Å². The molecule has 3 aromatic rings. The highest BCUT2D eigenvalue weighted by Gasteiger charge is 2.30. The zero-order valence-corrected chi connectivity index (χ0v) is 22.5. The predicted molar refractivity (Wildman–Crippen MR) is 149 cm³/mol. The summed E-state index contributed by atoms with van der Waals surface area (Å²) in [5.41, 5.74) is 8.14. The second-order valence-corrected chi connectivity index (χ2v) is 11.0. The van der Waals surface area contributed by atoms with Gasteiger partial charge in [0.1, 0.15) is 17.2 Å². The van der Waals surface area contributed by atoms with Crippen molar-refractivity contribution < 1.29 is 24.1 Å². The number of carboxylic acids is 1. The van der Waals surface area contributed by atoms with Gasteiger partial charge in [-0.15, -0.1) is 0 Å². The van der Waals surface area contributed by atoms with Crippen LogP contribution in [0.25, 0.3) is 11.1 Å². The normalized spacial score (nSPS) is 17.6. The van der Waals surface area contributed by atoms with Crippen molar-refractivity contribution in [2.24, 2.45) is 0 Å². The molecule has 37 heavy (non-hydrogen) atoms. The fourth-order valence-electron chi connectivity index (χ4n) is 5.61. The third-order valence-electron chi connectivity index (χ3n) is 7.31. The topological polar surface area (TPSA) is 65.0 Å². The van der Waals surface area contributed by atoms with Crippen LogP contribution >= 0.6 is 11.8 Å². The largest absolute Gasteiger partial charge is 0.494 e. The van der Waals surface area contributed by atoms with Crippen molar-refractivity contribution in [2.45, 2.75) is 44.9 Å². The van der Waals surface area contributed by atoms with E-state index in [-0.39, 0.29) is 18.3 Å². The molecule has 3 aromatic carbocycles. The zero-order chi connectivity index (χ0) is 25.9. The maximum atomic E-state index is 11.2. The summed E-state index contributed by atoms with van der Waals surface area (Å²) in [5.74, 6) is 3.22. The first-order chi connectivity index (χ1) is 17.9. The molecule has 0 aromatic heterocycles. The standard InChI is InChI=1S/C31H34O5S/c1-19-12-24(34-10-5-11-37-3)13-20(2)30(19)27-7-4-6-26-22(18-36-31(26)27)14-21-8-9-25-23(16-29(32)33)17-35-28(25)15-21/h4,6-9,12-13,15,22-23H,5,10-11,14,16-18H2,1-3H3,(H,32,33)/t22-,23-/m1/s1. The number of ether oxygens (including phenoxy) is 3. The number of aryl methyl sites for hydroxylation is 2. The van der Waals surface area contributed by atoms with Crippen LogP contribution in [0.15, 0.2) is 48.5 Å². The maximum absolute atomic E-state index is 11.2. The van der Waals surface area contributed by atoms with E-state index in [1.165, 1.54) is 27.8 Å². The maximum Gasteiger partial charge on any atom is 0.304 e. The number of carboxylic acid groups (broad SMARTS) is 1. The van der Waals surface area contributed by atoms with Crippen molar-refractivity contribution >= 4 is 17.7 Å². The summed E-state index contributed by atoms with van der Waals surface area (Å²) < 4.78 is 18.2. The molecule has 0 saturated carbocycles. The molecule has 2 aliphatic rings. The van der Waals surface area contributed by atoms with Gasteiger partial charge in [0.2, 0.25) is 0 Å². The van der Waals surface area contributed by atoms with E-state index in [2.05, 4.69) is 62.6 Å². The van der Waals surface area contributed by atoms with Crippen LogP contribution in [0.5, 0.6) is 17.2 Å². The molecule has 0 saturated heterocycles. The lowest BCUT2D eigenvalue weighted by molar-refractivity contribution is -0.137. The van der Waals surface area contributed by atoms with E-state index in [1.807, 2.05) is 17.8 Å². The summed E-state index contributed by atoms with van der Waals surface area (Å²) in [6, 6.07) is 16.9. The summed E-state index contributed by atoms with van der Waals surface area (Å²) >= 11 is 1.84. The number of fused-ring (bicyclic) bond motifs is 2. The monoisotopic (exact) mass is 518 g/mol. The number of rotatable bonds is 10. The molecule has 5 nitrogen and oxygen atoms in total. The van der Waals surface area contributed by atoms with Crippen LogP contribution in [0.2, 0.25) is 0 Å². The number of aliphatic carboxylic acids is 1. The van der Waals surface area contributed by atoms with Crippen molar-refractivity contribution in [3.05, 3.63) is 76.3 Å². The molecule has 6 heteroatoms. The molecular formula is C31H34O5S. The van der Waals surface area contributed by atoms with E-state index in [0.717, 1.165) is 53.6 Å². The molecule has 0 radical (unpaired) electrons. The summed E-state index contributed by atoms with van der Waals surface area (Å²) in [6.45, 7) is 6.10. The van der Waals surface area contributed by atoms with Crippen molar-refractivity contribution in [1.82, 2.24) is 0 Å². The minimum atomic E-state index is -0.792. The third-order valence-corrected chi connectivity index (χ3v) is 8.01. The van der Waals surface area contributed by atoms with Gasteiger partial charge in [-0.3, -0.25) is 4.79 Å². The molecule has 5 rings (SSSR count). The first-order valence-electron chi connectivity index (χ1n) is 12.9. The number of para-hydroxylation sites is 1. The molecular weight excluding hydrogens is 484 g/mol. The Labute approximate surface area is 223 Å². The molecule has 194 valence electrons. The van der Waals surface area contributed by atoms with Crippen molar-refractivity contribution in [3.8, 4) is 28.4 Å². The Balaban J connectivity index is 1.35. The van der Waals surface area contributed by atoms with E-state index in [4.69, 9.17) is 19.3 Å². The molecule has 0 aliphatic carbocycles. The summed E-state index contributed by atoms with van der Waals surface area (Å²) in [6.07, 6.45) is 4.11. The summed E-state index contributed by atoms with van der Waals surface area (Å²) in [7, 11) is 0. The van der Waals surface area contributed by atoms with Gasteiger partial charge in [-0.1, -0.05) is 30.3 Å². The van der Waals surface area contributed by atoms with Gasteiger partial charge in [0.25, 0.3) is 0 Å². The van der Waals surface area contributed by atoms with E-state index < -0.39 is 5.97 Å². The molecule has 0 spiro atoms. The van der Waals surface area contributed by atoms with Crippen LogP contribution in [0.3, 0.4) is 0 Å². The Morgan fingerprint density at radius 3 is 2.57 bits per heavy atom. The zero-order valence-electron chi connectivity index (χ0n) is 21.7. The fourth-order valence-corrected chi connectivity index (χ4v) is 6.02. The van der Waals surface area contributed by atoms with Gasteiger partial charge in [-0.05, 0) is 79.2 Å². The van der Waals surface area contributed by atoms with Gasteiger partial charge in [0.05, 0.1) is 26.2 Å². The van der Waals surface area contributed by atoms with Crippen molar-refractivity contribution in [2.75, 3.05) is 31.8 Å². The number of benzene rings is 3. The molecule has 2 heterocycles. The van der Waals surface area contributed by atoms with Crippen LogP contribution in [0.4, 0.5) is 0 Å². The smallest absolute Gasteiger partial charge is 0.304 e. The van der Waals surface area contributed by atoms with E-state index in [1.54, 1.807) is 0 Å². The average molecular weight is 519 g/mol. The molecule has 0 amide bonds. The van der Waals surface area contributed by atoms with Crippen LogP contribution in [-0.4, -0.2) is 42.9 Å². The molecule has 0 fully saturated rings. The van der Waals surface area contributed by atoms with Gasteiger partial charge in [-0.2, -0.15) is 11.8 Å². The molecule has 2 atom stereocenters. The first kappa shape index (κ1) is 25.5. The average Bonchev–Trinajstić information content (AvgIpc) is 3.45. The first-order valence-corrected chi connectivity index (χ1v) is 14.3. The lowest BCUT2D eigenvalue weighted by atomic mass is 9.88. The quantitative estimate of drug-likeness (QED) is 0.299. The van der Waals surface area contributed by atoms with Crippen LogP contribution in [-0.2, 0) is 11.2 Å². The molecule has 0 bridgehead atoms. The van der Waals surface area contributed by atoms with Crippen LogP contribution < -0.4 is 14.2 Å². The van der Waals surface area contributed by atoms with Gasteiger partial charge in [0.15, 0.2) is 0 Å². The molecule has 1 N–H and O–H groups in total. The lowest BCUT2D eigenvalue weighted by Crippen LogP contribution is -2.07. The predicted octanol–water partition coefficient (Wildman–Crippen LogP) is 6.77. The van der Waals surface area contributed by atoms with Gasteiger partial charge in [-0.25, -0.2) is 0 Å². The lowest BCUT2D eigenvalue weighted by Gasteiger charge is -2.16. The SMILES string of the molecule is CSCCCOc1cc(C)c(-c2cccc3c2OC[C@H]3Cc2ccc3c(c2)OC[C@H]3CC(=O)O)c(C)c1. The minimum Gasteiger partial charge on any atom is -0.494 e. The number of carbonyl (C=O) groups is 1. The van der Waals surface area contributed by atoms with Gasteiger partial charge in [0, 0.05) is 28.5 Å². The second-order valence-electron chi connectivity index (χ2n) is 10.0. The Kier molecular flexibility index (Phi) is 7.65. The molecule has 2 aliphatic heterocycles. The van der Waals surface area contributed by atoms with Gasteiger partial charge < -0.3 is 19.3 Å². The highest BCUT2D eigenvalue weighted by molar-refractivity contribution is 7.98. The van der Waals surface area contributed by atoms with Gasteiger partial charge >= 0.3 is 5.97 Å². The van der Waals surface area contributed by atoms with Crippen LogP contribution in [0, 0.1) is 13.8 Å². The summed E-state index contributed by atoms with van der Waals surface area (Å²) in [5, 5.41) is 9.17. The molecule has 0 unspecified atom stereocenters. The number of thioether (sulfide) groups is 1. The minimum absolute atomic E-state index is 0.0711. The highest BCUT2D eigenvalue weighted by Crippen LogP contribution is 2.46. The number of hydrogen-bond donors (Lipinski definition) is 1. The second kappa shape index (κ2) is 11.1. The Morgan fingerprint density at radius 1 is 1.03 bits per heavy atom. The van der Waals surface area contributed by atoms with Crippen molar-refractivity contribution in [3.63, 3.8) is 0 Å². The Morgan fingerprint density at radius 2 is 1.81 bits per heavy atom. The fraction of sp³-hybridized carbons (Fsp3) is 0.387. The Hall–Kier alpha value is -3.12. The number of hydrogen-bond acceptors (Lipinski definition) is 5. The third kappa shape index (κ3) is 5.45.